The molecule has 0 aliphatic heterocycles. The van der Waals surface area contributed by atoms with Crippen molar-refractivity contribution in [1.82, 2.24) is 0 Å². The summed E-state index contributed by atoms with van der Waals surface area (Å²) in [5, 5.41) is 0.695. The van der Waals surface area contributed by atoms with Crippen molar-refractivity contribution in [1.29, 1.82) is 0 Å². The molecule has 0 heterocycles. The largest absolute Gasteiger partial charge is 0.496 e. The summed E-state index contributed by atoms with van der Waals surface area (Å²) in [6, 6.07) is 13.9. The zero-order chi connectivity index (χ0) is 14.8. The summed E-state index contributed by atoms with van der Waals surface area (Å²) in [6.07, 6.45) is 0.666. The molecule has 20 heavy (non-hydrogen) atoms. The molecule has 2 aromatic carbocycles. The van der Waals surface area contributed by atoms with Crippen LogP contribution in [-0.4, -0.2) is 7.11 Å². The first kappa shape index (κ1) is 14.9. The lowest BCUT2D eigenvalue weighted by molar-refractivity contribution is 0.400. The van der Waals surface area contributed by atoms with Gasteiger partial charge in [-0.1, -0.05) is 41.4 Å². The quantitative estimate of drug-likeness (QED) is 0.921. The van der Waals surface area contributed by atoms with Gasteiger partial charge in [0.25, 0.3) is 0 Å². The van der Waals surface area contributed by atoms with Gasteiger partial charge in [0, 0.05) is 10.6 Å². The van der Waals surface area contributed by atoms with Crippen LogP contribution in [-0.2, 0) is 12.0 Å². The molecular formula is C17H20ClNO. The van der Waals surface area contributed by atoms with Gasteiger partial charge in [-0.25, -0.2) is 0 Å². The summed E-state index contributed by atoms with van der Waals surface area (Å²) < 4.78 is 5.39. The second-order valence-electron chi connectivity index (χ2n) is 5.42. The van der Waals surface area contributed by atoms with Crippen molar-refractivity contribution in [2.75, 3.05) is 7.11 Å². The first-order valence-corrected chi connectivity index (χ1v) is 6.98. The fourth-order valence-corrected chi connectivity index (χ4v) is 2.51. The fraction of sp³-hybridized carbons (Fsp3) is 0.294. The third-order valence-electron chi connectivity index (χ3n) is 3.51. The van der Waals surface area contributed by atoms with Crippen LogP contribution in [0.3, 0.4) is 0 Å². The van der Waals surface area contributed by atoms with Crippen LogP contribution in [0.5, 0.6) is 5.75 Å². The van der Waals surface area contributed by atoms with E-state index in [1.807, 2.05) is 25.1 Å². The predicted molar refractivity (Wildman–Crippen MR) is 84.4 cm³/mol. The second kappa shape index (κ2) is 5.86. The van der Waals surface area contributed by atoms with Gasteiger partial charge >= 0.3 is 0 Å². The fourth-order valence-electron chi connectivity index (χ4n) is 2.32. The SMILES string of the molecule is COc1ccc(Cl)cc1CC(C)(N)c1ccc(C)cc1. The van der Waals surface area contributed by atoms with Gasteiger partial charge in [0.2, 0.25) is 0 Å². The molecule has 106 valence electrons. The van der Waals surface area contributed by atoms with E-state index in [4.69, 9.17) is 22.1 Å². The molecule has 2 rings (SSSR count). The molecular weight excluding hydrogens is 270 g/mol. The maximum absolute atomic E-state index is 6.50. The van der Waals surface area contributed by atoms with E-state index in [9.17, 15) is 0 Å². The topological polar surface area (TPSA) is 35.2 Å². The average Bonchev–Trinajstić information content (AvgIpc) is 2.39. The Morgan fingerprint density at radius 3 is 2.40 bits per heavy atom. The van der Waals surface area contributed by atoms with E-state index in [2.05, 4.69) is 31.2 Å². The van der Waals surface area contributed by atoms with Crippen molar-refractivity contribution in [2.24, 2.45) is 5.73 Å². The van der Waals surface area contributed by atoms with Crippen molar-refractivity contribution >= 4 is 11.6 Å². The number of rotatable bonds is 4. The lowest BCUT2D eigenvalue weighted by Crippen LogP contribution is -2.35. The van der Waals surface area contributed by atoms with Crippen LogP contribution >= 0.6 is 11.6 Å². The number of hydrogen-bond acceptors (Lipinski definition) is 2. The molecule has 2 N–H and O–H groups in total. The van der Waals surface area contributed by atoms with Gasteiger partial charge < -0.3 is 10.5 Å². The van der Waals surface area contributed by atoms with Crippen molar-refractivity contribution in [2.45, 2.75) is 25.8 Å². The lowest BCUT2D eigenvalue weighted by atomic mass is 9.86. The highest BCUT2D eigenvalue weighted by atomic mass is 35.5. The Morgan fingerprint density at radius 2 is 1.80 bits per heavy atom. The third kappa shape index (κ3) is 3.33. The smallest absolute Gasteiger partial charge is 0.122 e. The van der Waals surface area contributed by atoms with Gasteiger partial charge in [-0.05, 0) is 49.6 Å². The first-order valence-electron chi connectivity index (χ1n) is 6.61. The highest BCUT2D eigenvalue weighted by Crippen LogP contribution is 2.30. The van der Waals surface area contributed by atoms with E-state index in [1.165, 1.54) is 5.56 Å². The third-order valence-corrected chi connectivity index (χ3v) is 3.75. The predicted octanol–water partition coefficient (Wildman–Crippen LogP) is 4.07. The Bertz CT molecular complexity index is 590. The van der Waals surface area contributed by atoms with Crippen LogP contribution in [0.4, 0.5) is 0 Å². The highest BCUT2D eigenvalue weighted by Gasteiger charge is 2.23. The Morgan fingerprint density at radius 1 is 1.15 bits per heavy atom. The minimum atomic E-state index is -0.467. The van der Waals surface area contributed by atoms with Crippen molar-refractivity contribution in [3.63, 3.8) is 0 Å². The molecule has 0 amide bonds. The van der Waals surface area contributed by atoms with E-state index < -0.39 is 5.54 Å². The zero-order valence-electron chi connectivity index (χ0n) is 12.1. The van der Waals surface area contributed by atoms with Crippen LogP contribution in [0, 0.1) is 6.92 Å². The number of hydrogen-bond donors (Lipinski definition) is 1. The summed E-state index contributed by atoms with van der Waals surface area (Å²) in [5.74, 6) is 0.818. The van der Waals surface area contributed by atoms with E-state index in [0.717, 1.165) is 16.9 Å². The molecule has 0 aliphatic rings. The molecule has 1 atom stereocenters. The number of benzene rings is 2. The van der Waals surface area contributed by atoms with Crippen LogP contribution in [0.2, 0.25) is 5.02 Å². The van der Waals surface area contributed by atoms with Gasteiger partial charge in [0.15, 0.2) is 0 Å². The van der Waals surface area contributed by atoms with Crippen molar-refractivity contribution < 1.29 is 4.74 Å². The molecule has 0 saturated carbocycles. The Kier molecular flexibility index (Phi) is 4.36. The Labute approximate surface area is 125 Å². The van der Waals surface area contributed by atoms with Crippen LogP contribution < -0.4 is 10.5 Å². The van der Waals surface area contributed by atoms with E-state index in [-0.39, 0.29) is 0 Å². The number of methoxy groups -OCH3 is 1. The minimum Gasteiger partial charge on any atom is -0.496 e. The monoisotopic (exact) mass is 289 g/mol. The molecule has 1 unspecified atom stereocenters. The number of nitrogens with two attached hydrogens (primary N) is 1. The number of aryl methyl sites for hydroxylation is 1. The molecule has 0 radical (unpaired) electrons. The molecule has 0 spiro atoms. The molecule has 0 saturated heterocycles. The summed E-state index contributed by atoms with van der Waals surface area (Å²) >= 11 is 6.07. The lowest BCUT2D eigenvalue weighted by Gasteiger charge is -2.26. The molecule has 2 aromatic rings. The second-order valence-corrected chi connectivity index (χ2v) is 5.85. The molecule has 3 heteroatoms. The highest BCUT2D eigenvalue weighted by molar-refractivity contribution is 6.30. The normalized spacial score (nSPS) is 13.8. The van der Waals surface area contributed by atoms with Crippen LogP contribution in [0.1, 0.15) is 23.6 Å². The van der Waals surface area contributed by atoms with Gasteiger partial charge in [-0.2, -0.15) is 0 Å². The van der Waals surface area contributed by atoms with Gasteiger partial charge in [0.05, 0.1) is 7.11 Å². The maximum atomic E-state index is 6.50. The first-order chi connectivity index (χ1) is 9.42. The molecule has 0 fully saturated rings. The molecule has 0 aromatic heterocycles. The van der Waals surface area contributed by atoms with Gasteiger partial charge in [0.1, 0.15) is 5.75 Å². The zero-order valence-corrected chi connectivity index (χ0v) is 12.9. The summed E-state index contributed by atoms with van der Waals surface area (Å²) in [5.41, 5.74) is 9.38. The number of ether oxygens (including phenoxy) is 1. The Hall–Kier alpha value is -1.51. The van der Waals surface area contributed by atoms with Crippen molar-refractivity contribution in [3.05, 3.63) is 64.2 Å². The average molecular weight is 290 g/mol. The van der Waals surface area contributed by atoms with Crippen LogP contribution in [0.25, 0.3) is 0 Å². The van der Waals surface area contributed by atoms with Gasteiger partial charge in [-0.15, -0.1) is 0 Å². The van der Waals surface area contributed by atoms with Crippen LogP contribution in [0.15, 0.2) is 42.5 Å². The molecule has 0 bridgehead atoms. The van der Waals surface area contributed by atoms with E-state index >= 15 is 0 Å². The van der Waals surface area contributed by atoms with E-state index in [0.29, 0.717) is 11.4 Å². The molecule has 0 aliphatic carbocycles. The van der Waals surface area contributed by atoms with E-state index in [1.54, 1.807) is 7.11 Å². The summed E-state index contributed by atoms with van der Waals surface area (Å²) in [4.78, 5) is 0. The Balaban J connectivity index is 2.32. The summed E-state index contributed by atoms with van der Waals surface area (Å²) in [7, 11) is 1.66. The van der Waals surface area contributed by atoms with Gasteiger partial charge in [-0.3, -0.25) is 0 Å². The maximum Gasteiger partial charge on any atom is 0.122 e. The van der Waals surface area contributed by atoms with Crippen molar-refractivity contribution in [3.8, 4) is 5.75 Å². The summed E-state index contributed by atoms with van der Waals surface area (Å²) in [6.45, 7) is 4.09. The number of halogens is 1. The standard InChI is InChI=1S/C17H20ClNO/c1-12-4-6-14(7-5-12)17(2,19)11-13-10-15(18)8-9-16(13)20-3/h4-10H,11,19H2,1-3H3. The minimum absolute atomic E-state index is 0.467. The molecule has 2 nitrogen and oxygen atoms in total.